The van der Waals surface area contributed by atoms with E-state index in [1.807, 2.05) is 0 Å². The van der Waals surface area contributed by atoms with Crippen LogP contribution in [0.25, 0.3) is 0 Å². The number of hydrogen-bond donors (Lipinski definition) is 0. The highest BCUT2D eigenvalue weighted by Crippen LogP contribution is 2.97. The molecule has 0 aromatic heterocycles. The van der Waals surface area contributed by atoms with Gasteiger partial charge in [0.05, 0.1) is 0 Å². The first-order chi connectivity index (χ1) is 8.14. The predicted molar refractivity (Wildman–Crippen MR) is 70.8 cm³/mol. The Kier molecular flexibility index (Phi) is 1.57. The van der Waals surface area contributed by atoms with Gasteiger partial charge in [-0.3, -0.25) is 0 Å². The van der Waals surface area contributed by atoms with Gasteiger partial charge in [-0.2, -0.15) is 0 Å². The van der Waals surface area contributed by atoms with Crippen molar-refractivity contribution in [3.05, 3.63) is 35.9 Å². The lowest BCUT2D eigenvalue weighted by Gasteiger charge is -2.58. The Morgan fingerprint density at radius 2 is 1.71 bits per heavy atom. The average Bonchev–Trinajstić information content (AvgIpc) is 2.70. The van der Waals surface area contributed by atoms with E-state index in [-0.39, 0.29) is 0 Å². The summed E-state index contributed by atoms with van der Waals surface area (Å²) in [5.74, 6) is 2.03. The molecule has 5 atom stereocenters. The normalized spacial score (nSPS) is 54.1. The fourth-order valence-electron chi connectivity index (χ4n) is 6.34. The monoisotopic (exact) mass is 226 g/mol. The third-order valence-corrected chi connectivity index (χ3v) is 7.28. The standard InChI is InChI=1S/C17H22/c1-4-15(2)16(3)13-10-11-14(13)17(15,16)12-8-6-5-7-9-12/h5-9,13-14H,4,10-11H2,1-3H3/t13-,14-,15-,16+,17+/m0/s1. The molecule has 0 bridgehead atoms. The predicted octanol–water partition coefficient (Wildman–Crippen LogP) is 4.40. The molecule has 1 aromatic carbocycles. The lowest BCUT2D eigenvalue weighted by Crippen LogP contribution is -2.54. The first kappa shape index (κ1) is 10.2. The van der Waals surface area contributed by atoms with Gasteiger partial charge >= 0.3 is 0 Å². The van der Waals surface area contributed by atoms with E-state index in [1.165, 1.54) is 19.3 Å². The van der Waals surface area contributed by atoms with Crippen LogP contribution in [0.1, 0.15) is 45.6 Å². The summed E-state index contributed by atoms with van der Waals surface area (Å²) >= 11 is 0. The summed E-state index contributed by atoms with van der Waals surface area (Å²) in [5.41, 5.74) is 3.35. The Hall–Kier alpha value is -0.780. The van der Waals surface area contributed by atoms with Crippen LogP contribution in [0.15, 0.2) is 30.3 Å². The van der Waals surface area contributed by atoms with E-state index in [4.69, 9.17) is 0 Å². The second-order valence-corrected chi connectivity index (χ2v) is 6.85. The lowest BCUT2D eigenvalue weighted by atomic mass is 9.46. The second kappa shape index (κ2) is 2.63. The van der Waals surface area contributed by atoms with Crippen molar-refractivity contribution in [1.29, 1.82) is 0 Å². The zero-order chi connectivity index (χ0) is 11.9. The summed E-state index contributed by atoms with van der Waals surface area (Å²) in [7, 11) is 0. The minimum absolute atomic E-state index is 0.541. The molecule has 0 saturated heterocycles. The van der Waals surface area contributed by atoms with Gasteiger partial charge in [0.1, 0.15) is 0 Å². The molecule has 3 fully saturated rings. The van der Waals surface area contributed by atoms with Gasteiger partial charge in [-0.25, -0.2) is 0 Å². The molecule has 0 heterocycles. The molecule has 0 nitrogen and oxygen atoms in total. The maximum absolute atomic E-state index is 2.57. The quantitative estimate of drug-likeness (QED) is 0.701. The van der Waals surface area contributed by atoms with Gasteiger partial charge in [0.15, 0.2) is 0 Å². The largest absolute Gasteiger partial charge is 0.0648 e. The van der Waals surface area contributed by atoms with Crippen molar-refractivity contribution in [2.45, 2.75) is 45.4 Å². The first-order valence-corrected chi connectivity index (χ1v) is 7.20. The smallest absolute Gasteiger partial charge is 0.0105 e. The van der Waals surface area contributed by atoms with Crippen molar-refractivity contribution >= 4 is 0 Å². The van der Waals surface area contributed by atoms with Crippen LogP contribution in [0.2, 0.25) is 0 Å². The van der Waals surface area contributed by atoms with E-state index < -0.39 is 0 Å². The molecule has 90 valence electrons. The van der Waals surface area contributed by atoms with Crippen molar-refractivity contribution < 1.29 is 0 Å². The number of hydrogen-bond acceptors (Lipinski definition) is 0. The molecule has 3 aliphatic rings. The summed E-state index contributed by atoms with van der Waals surface area (Å²) in [5, 5.41) is 0. The Labute approximate surface area is 104 Å². The lowest BCUT2D eigenvalue weighted by molar-refractivity contribution is -0.0483. The molecule has 3 aliphatic carbocycles. The number of fused-ring (bicyclic) bond motifs is 4. The third kappa shape index (κ3) is 0.687. The number of benzene rings is 1. The summed E-state index contributed by atoms with van der Waals surface area (Å²) in [4.78, 5) is 0. The van der Waals surface area contributed by atoms with E-state index in [2.05, 4.69) is 51.1 Å². The van der Waals surface area contributed by atoms with Gasteiger partial charge in [-0.05, 0) is 47.5 Å². The minimum atomic E-state index is 0.541. The van der Waals surface area contributed by atoms with Gasteiger partial charge in [0, 0.05) is 5.41 Å². The van der Waals surface area contributed by atoms with Crippen LogP contribution in [-0.4, -0.2) is 0 Å². The molecule has 0 spiro atoms. The Morgan fingerprint density at radius 1 is 1.06 bits per heavy atom. The van der Waals surface area contributed by atoms with E-state index in [1.54, 1.807) is 5.56 Å². The van der Waals surface area contributed by atoms with Crippen molar-refractivity contribution in [1.82, 2.24) is 0 Å². The van der Waals surface area contributed by atoms with Crippen LogP contribution in [-0.2, 0) is 5.41 Å². The fourth-order valence-corrected chi connectivity index (χ4v) is 6.34. The maximum atomic E-state index is 2.57. The van der Waals surface area contributed by atoms with Crippen LogP contribution in [0.5, 0.6) is 0 Å². The van der Waals surface area contributed by atoms with Crippen molar-refractivity contribution in [2.75, 3.05) is 0 Å². The maximum Gasteiger partial charge on any atom is 0.0105 e. The van der Waals surface area contributed by atoms with Crippen LogP contribution >= 0.6 is 0 Å². The summed E-state index contributed by atoms with van der Waals surface area (Å²) in [6.45, 7) is 7.52. The molecule has 17 heavy (non-hydrogen) atoms. The van der Waals surface area contributed by atoms with Gasteiger partial charge in [0.2, 0.25) is 0 Å². The van der Waals surface area contributed by atoms with Gasteiger partial charge < -0.3 is 0 Å². The van der Waals surface area contributed by atoms with Crippen molar-refractivity contribution in [3.8, 4) is 0 Å². The van der Waals surface area contributed by atoms with Crippen LogP contribution in [0, 0.1) is 22.7 Å². The molecule has 0 amide bonds. The fraction of sp³-hybridized carbons (Fsp3) is 0.647. The van der Waals surface area contributed by atoms with Crippen LogP contribution in [0.4, 0.5) is 0 Å². The van der Waals surface area contributed by atoms with Gasteiger partial charge in [0.25, 0.3) is 0 Å². The molecule has 1 aromatic rings. The zero-order valence-electron chi connectivity index (χ0n) is 11.2. The van der Waals surface area contributed by atoms with Crippen LogP contribution in [0.3, 0.4) is 0 Å². The van der Waals surface area contributed by atoms with Gasteiger partial charge in [-0.15, -0.1) is 0 Å². The van der Waals surface area contributed by atoms with E-state index in [9.17, 15) is 0 Å². The van der Waals surface area contributed by atoms with Gasteiger partial charge in [-0.1, -0.05) is 51.1 Å². The average molecular weight is 226 g/mol. The third-order valence-electron chi connectivity index (χ3n) is 7.28. The van der Waals surface area contributed by atoms with Crippen molar-refractivity contribution in [3.63, 3.8) is 0 Å². The molecule has 0 heteroatoms. The molecule has 0 N–H and O–H groups in total. The SMILES string of the molecule is CC[C@@]1(C)[C@@]2(C)[C@H]3CC[C@@H]3[C@]12c1ccccc1. The summed E-state index contributed by atoms with van der Waals surface area (Å²) < 4.78 is 0. The Bertz CT molecular complexity index is 466. The highest BCUT2D eigenvalue weighted by atomic mass is 15.0. The highest BCUT2D eigenvalue weighted by molar-refractivity contribution is 5.55. The highest BCUT2D eigenvalue weighted by Gasteiger charge is 2.95. The van der Waals surface area contributed by atoms with E-state index in [0.29, 0.717) is 16.2 Å². The molecular formula is C17H22. The van der Waals surface area contributed by atoms with Crippen molar-refractivity contribution in [2.24, 2.45) is 22.7 Å². The Morgan fingerprint density at radius 3 is 2.24 bits per heavy atom. The molecular weight excluding hydrogens is 204 g/mol. The molecule has 4 rings (SSSR count). The number of rotatable bonds is 2. The molecule has 0 unspecified atom stereocenters. The topological polar surface area (TPSA) is 0 Å². The summed E-state index contributed by atoms with van der Waals surface area (Å²) in [6, 6.07) is 11.4. The Balaban J connectivity index is 1.89. The second-order valence-electron chi connectivity index (χ2n) is 6.85. The molecule has 3 saturated carbocycles. The molecule has 0 radical (unpaired) electrons. The molecule has 0 aliphatic heterocycles. The van der Waals surface area contributed by atoms with E-state index in [0.717, 1.165) is 11.8 Å². The van der Waals surface area contributed by atoms with Crippen LogP contribution < -0.4 is 0 Å². The minimum Gasteiger partial charge on any atom is -0.0648 e. The summed E-state index contributed by atoms with van der Waals surface area (Å²) in [6.07, 6.45) is 4.31. The van der Waals surface area contributed by atoms with E-state index >= 15 is 0 Å². The first-order valence-electron chi connectivity index (χ1n) is 7.20. The zero-order valence-corrected chi connectivity index (χ0v) is 11.2.